The van der Waals surface area contributed by atoms with Crippen LogP contribution in [-0.2, 0) is 0 Å². The Morgan fingerprint density at radius 3 is 2.22 bits per heavy atom. The van der Waals surface area contributed by atoms with E-state index < -0.39 is 23.8 Å². The Morgan fingerprint density at radius 2 is 1.56 bits per heavy atom. The second kappa shape index (κ2) is 11.6. The molecule has 0 saturated heterocycles. The quantitative estimate of drug-likeness (QED) is 0.265. The Morgan fingerprint density at radius 1 is 0.875 bits per heavy atom. The SMILES string of the molecule is CCCCCC1CCC(c2ccc(C(F)F)c(Oc3ccc(OCC)c(F)c3F)c2)CC1. The van der Waals surface area contributed by atoms with Gasteiger partial charge in [-0.3, -0.25) is 0 Å². The molecule has 2 aromatic carbocycles. The van der Waals surface area contributed by atoms with E-state index in [1.165, 1.54) is 43.9 Å². The van der Waals surface area contributed by atoms with E-state index in [0.717, 1.165) is 37.2 Å². The van der Waals surface area contributed by atoms with E-state index in [4.69, 9.17) is 9.47 Å². The van der Waals surface area contributed by atoms with Crippen molar-refractivity contribution in [3.05, 3.63) is 53.1 Å². The average molecular weight is 453 g/mol. The summed E-state index contributed by atoms with van der Waals surface area (Å²) in [6.45, 7) is 4.03. The Bertz CT molecular complexity index is 876. The molecule has 0 atom stereocenters. The van der Waals surface area contributed by atoms with Crippen LogP contribution in [0.25, 0.3) is 0 Å². The average Bonchev–Trinajstić information content (AvgIpc) is 2.79. The molecular formula is C26H32F4O2. The summed E-state index contributed by atoms with van der Waals surface area (Å²) in [5.74, 6) is -2.27. The van der Waals surface area contributed by atoms with Gasteiger partial charge in [-0.05, 0) is 74.3 Å². The van der Waals surface area contributed by atoms with Crippen LogP contribution in [0.2, 0.25) is 0 Å². The van der Waals surface area contributed by atoms with Crippen LogP contribution in [0.4, 0.5) is 17.6 Å². The van der Waals surface area contributed by atoms with E-state index in [9.17, 15) is 17.6 Å². The third-order valence-corrected chi connectivity index (χ3v) is 6.34. The minimum Gasteiger partial charge on any atom is -0.491 e. The highest BCUT2D eigenvalue weighted by atomic mass is 19.3. The summed E-state index contributed by atoms with van der Waals surface area (Å²) in [4.78, 5) is 0. The third kappa shape index (κ3) is 5.96. The van der Waals surface area contributed by atoms with Gasteiger partial charge in [-0.2, -0.15) is 8.78 Å². The summed E-state index contributed by atoms with van der Waals surface area (Å²) in [7, 11) is 0. The van der Waals surface area contributed by atoms with Crippen LogP contribution < -0.4 is 9.47 Å². The van der Waals surface area contributed by atoms with Crippen LogP contribution in [0.15, 0.2) is 30.3 Å². The van der Waals surface area contributed by atoms with Crippen LogP contribution in [0.3, 0.4) is 0 Å². The van der Waals surface area contributed by atoms with Crippen molar-refractivity contribution in [2.45, 2.75) is 77.6 Å². The van der Waals surface area contributed by atoms with Crippen molar-refractivity contribution in [1.82, 2.24) is 0 Å². The molecule has 3 rings (SSSR count). The largest absolute Gasteiger partial charge is 0.491 e. The van der Waals surface area contributed by atoms with Crippen molar-refractivity contribution in [3.8, 4) is 17.2 Å². The van der Waals surface area contributed by atoms with Crippen molar-refractivity contribution < 1.29 is 27.0 Å². The smallest absolute Gasteiger partial charge is 0.267 e. The molecule has 2 nitrogen and oxygen atoms in total. The number of halogens is 4. The van der Waals surface area contributed by atoms with Gasteiger partial charge in [0.1, 0.15) is 5.75 Å². The van der Waals surface area contributed by atoms with Crippen LogP contribution >= 0.6 is 0 Å². The molecule has 0 unspecified atom stereocenters. The minimum absolute atomic E-state index is 0.134. The Hall–Kier alpha value is -2.24. The monoisotopic (exact) mass is 452 g/mol. The second-order valence-corrected chi connectivity index (χ2v) is 8.54. The molecule has 1 fully saturated rings. The number of alkyl halides is 2. The molecule has 32 heavy (non-hydrogen) atoms. The van der Waals surface area contributed by atoms with Gasteiger partial charge in [-0.1, -0.05) is 38.7 Å². The predicted molar refractivity (Wildman–Crippen MR) is 118 cm³/mol. The highest BCUT2D eigenvalue weighted by Crippen LogP contribution is 2.42. The first-order valence-corrected chi connectivity index (χ1v) is 11.6. The molecule has 0 bridgehead atoms. The molecule has 6 heteroatoms. The number of rotatable bonds is 10. The molecule has 0 N–H and O–H groups in total. The Balaban J connectivity index is 1.77. The maximum atomic E-state index is 14.5. The molecule has 0 aromatic heterocycles. The normalized spacial score (nSPS) is 18.7. The molecule has 0 spiro atoms. The molecule has 0 radical (unpaired) electrons. The fraction of sp³-hybridized carbons (Fsp3) is 0.538. The zero-order chi connectivity index (χ0) is 23.1. The van der Waals surface area contributed by atoms with Crippen molar-refractivity contribution in [1.29, 1.82) is 0 Å². The standard InChI is InChI=1S/C26H32F4O2/c1-3-5-6-7-17-8-10-18(11-9-17)19-12-13-20(26(29)30)23(16-19)32-22-15-14-21(31-4-2)24(27)25(22)28/h12-18,26H,3-11H2,1-2H3. The summed E-state index contributed by atoms with van der Waals surface area (Å²) in [5.41, 5.74) is 0.568. The fourth-order valence-electron chi connectivity index (χ4n) is 4.52. The number of ether oxygens (including phenoxy) is 2. The zero-order valence-electron chi connectivity index (χ0n) is 18.8. The summed E-state index contributed by atoms with van der Waals surface area (Å²) in [6, 6.07) is 7.06. The van der Waals surface area contributed by atoms with E-state index in [2.05, 4.69) is 6.92 Å². The van der Waals surface area contributed by atoms with Crippen LogP contribution in [-0.4, -0.2) is 6.61 Å². The molecule has 0 heterocycles. The molecule has 1 aliphatic rings. The molecule has 0 amide bonds. The van der Waals surface area contributed by atoms with Crippen molar-refractivity contribution in [2.75, 3.05) is 6.61 Å². The summed E-state index contributed by atoms with van der Waals surface area (Å²) in [6.07, 6.45) is 6.45. The molecule has 176 valence electrons. The van der Waals surface area contributed by atoms with Gasteiger partial charge >= 0.3 is 0 Å². The number of unbranched alkanes of at least 4 members (excludes halogenated alkanes) is 2. The molecule has 1 saturated carbocycles. The van der Waals surface area contributed by atoms with E-state index in [0.29, 0.717) is 0 Å². The van der Waals surface area contributed by atoms with Gasteiger partial charge in [-0.25, -0.2) is 8.78 Å². The van der Waals surface area contributed by atoms with Crippen LogP contribution in [0, 0.1) is 17.6 Å². The van der Waals surface area contributed by atoms with Gasteiger partial charge in [0.15, 0.2) is 11.5 Å². The maximum absolute atomic E-state index is 14.5. The first-order valence-electron chi connectivity index (χ1n) is 11.6. The second-order valence-electron chi connectivity index (χ2n) is 8.54. The fourth-order valence-corrected chi connectivity index (χ4v) is 4.52. The maximum Gasteiger partial charge on any atom is 0.267 e. The third-order valence-electron chi connectivity index (χ3n) is 6.34. The topological polar surface area (TPSA) is 18.5 Å². The van der Waals surface area contributed by atoms with Crippen LogP contribution in [0.1, 0.15) is 88.7 Å². The van der Waals surface area contributed by atoms with Crippen molar-refractivity contribution in [2.24, 2.45) is 5.92 Å². The number of benzene rings is 2. The highest BCUT2D eigenvalue weighted by Gasteiger charge is 2.25. The van der Waals surface area contributed by atoms with Gasteiger partial charge in [-0.15, -0.1) is 0 Å². The number of hydrogen-bond donors (Lipinski definition) is 0. The van der Waals surface area contributed by atoms with Gasteiger partial charge < -0.3 is 9.47 Å². The lowest BCUT2D eigenvalue weighted by atomic mass is 9.77. The van der Waals surface area contributed by atoms with Gasteiger partial charge in [0, 0.05) is 0 Å². The summed E-state index contributed by atoms with van der Waals surface area (Å²) < 4.78 is 66.3. The van der Waals surface area contributed by atoms with Gasteiger partial charge in [0.2, 0.25) is 11.6 Å². The lowest BCUT2D eigenvalue weighted by molar-refractivity contribution is 0.148. The van der Waals surface area contributed by atoms with Crippen molar-refractivity contribution in [3.63, 3.8) is 0 Å². The van der Waals surface area contributed by atoms with E-state index in [1.807, 2.05) is 0 Å². The molecule has 2 aromatic rings. The van der Waals surface area contributed by atoms with Crippen molar-refractivity contribution >= 4 is 0 Å². The highest BCUT2D eigenvalue weighted by molar-refractivity contribution is 5.44. The first-order chi connectivity index (χ1) is 15.4. The number of hydrogen-bond acceptors (Lipinski definition) is 2. The minimum atomic E-state index is -2.79. The van der Waals surface area contributed by atoms with E-state index >= 15 is 0 Å². The first kappa shape index (κ1) is 24.4. The molecular weight excluding hydrogens is 420 g/mol. The van der Waals surface area contributed by atoms with Gasteiger partial charge in [0.25, 0.3) is 6.43 Å². The summed E-state index contributed by atoms with van der Waals surface area (Å²) in [5, 5.41) is 0. The Kier molecular flexibility index (Phi) is 8.83. The van der Waals surface area contributed by atoms with Crippen LogP contribution in [0.5, 0.6) is 17.2 Å². The zero-order valence-corrected chi connectivity index (χ0v) is 18.8. The van der Waals surface area contributed by atoms with E-state index in [-0.39, 0.29) is 29.6 Å². The lowest BCUT2D eigenvalue weighted by Crippen LogP contribution is -2.13. The summed E-state index contributed by atoms with van der Waals surface area (Å²) >= 11 is 0. The lowest BCUT2D eigenvalue weighted by Gasteiger charge is -2.29. The predicted octanol–water partition coefficient (Wildman–Crippen LogP) is 8.95. The van der Waals surface area contributed by atoms with E-state index in [1.54, 1.807) is 19.1 Å². The Labute approximate surface area is 187 Å². The van der Waals surface area contributed by atoms with Gasteiger partial charge in [0.05, 0.1) is 12.2 Å². The molecule has 0 aliphatic heterocycles. The molecule has 1 aliphatic carbocycles.